The van der Waals surface area contributed by atoms with Gasteiger partial charge in [-0.3, -0.25) is 9.59 Å². The third-order valence-corrected chi connectivity index (χ3v) is 6.82. The second-order valence-corrected chi connectivity index (χ2v) is 9.14. The molecule has 4 aromatic rings. The maximum absolute atomic E-state index is 13.6. The van der Waals surface area contributed by atoms with Crippen molar-refractivity contribution in [3.63, 3.8) is 0 Å². The van der Waals surface area contributed by atoms with Crippen LogP contribution in [0.15, 0.2) is 65.0 Å². The molecule has 3 aromatic carbocycles. The van der Waals surface area contributed by atoms with Gasteiger partial charge in [0.25, 0.3) is 5.91 Å². The summed E-state index contributed by atoms with van der Waals surface area (Å²) in [4.78, 5) is 28.8. The number of nitrogens with zero attached hydrogens (tertiary/aromatic N) is 1. The summed E-state index contributed by atoms with van der Waals surface area (Å²) in [7, 11) is 0. The number of hydrogen-bond donors (Lipinski definition) is 2. The first-order valence-corrected chi connectivity index (χ1v) is 11.5. The number of para-hydroxylation sites is 1. The van der Waals surface area contributed by atoms with Crippen molar-refractivity contribution < 1.29 is 22.8 Å². The topological polar surface area (TPSA) is 71.1 Å². The second-order valence-electron chi connectivity index (χ2n) is 6.89. The molecule has 0 aliphatic heterocycles. The standard InChI is InChI=1S/C23H16F3N3O2S2/c24-15-9-10-17(21(26)20(15)25)28-19(30)11-27-22(31)14-7-5-13(6-8-14)12-32-23-29-16-3-1-2-4-18(16)33-23/h1-10H,11-12H2,(H,27,31)(H,28,30). The largest absolute Gasteiger partial charge is 0.343 e. The van der Waals surface area contributed by atoms with Gasteiger partial charge in [0.1, 0.15) is 0 Å². The molecule has 5 nitrogen and oxygen atoms in total. The molecule has 0 atom stereocenters. The minimum Gasteiger partial charge on any atom is -0.343 e. The summed E-state index contributed by atoms with van der Waals surface area (Å²) in [6.45, 7) is -0.466. The maximum Gasteiger partial charge on any atom is 0.251 e. The highest BCUT2D eigenvalue weighted by Gasteiger charge is 2.16. The van der Waals surface area contributed by atoms with Crippen molar-refractivity contribution in [3.8, 4) is 0 Å². The number of rotatable bonds is 7. The zero-order valence-electron chi connectivity index (χ0n) is 16.9. The number of carbonyl (C=O) groups excluding carboxylic acids is 2. The van der Waals surface area contributed by atoms with Crippen LogP contribution in [0.5, 0.6) is 0 Å². The number of amides is 2. The SMILES string of the molecule is O=C(CNC(=O)c1ccc(CSc2nc3ccccc3s2)cc1)Nc1ccc(F)c(F)c1F. The smallest absolute Gasteiger partial charge is 0.251 e. The first-order valence-electron chi connectivity index (χ1n) is 9.69. The normalized spacial score (nSPS) is 10.9. The van der Waals surface area contributed by atoms with Gasteiger partial charge in [-0.15, -0.1) is 11.3 Å². The molecular formula is C23H16F3N3O2S2. The van der Waals surface area contributed by atoms with E-state index in [-0.39, 0.29) is 0 Å². The predicted octanol–water partition coefficient (Wildman–Crippen LogP) is 5.37. The minimum absolute atomic E-state index is 0.343. The van der Waals surface area contributed by atoms with Crippen LogP contribution in [-0.4, -0.2) is 23.3 Å². The van der Waals surface area contributed by atoms with Crippen molar-refractivity contribution in [2.45, 2.75) is 10.1 Å². The summed E-state index contributed by atoms with van der Waals surface area (Å²) in [6.07, 6.45) is 0. The third-order valence-electron chi connectivity index (χ3n) is 4.57. The number of thiazole rings is 1. The van der Waals surface area contributed by atoms with Gasteiger partial charge in [-0.1, -0.05) is 36.0 Å². The van der Waals surface area contributed by atoms with Crippen LogP contribution in [-0.2, 0) is 10.5 Å². The first kappa shape index (κ1) is 22.8. The Labute approximate surface area is 195 Å². The van der Waals surface area contributed by atoms with Crippen molar-refractivity contribution in [1.82, 2.24) is 10.3 Å². The van der Waals surface area contributed by atoms with Gasteiger partial charge in [-0.25, -0.2) is 18.2 Å². The van der Waals surface area contributed by atoms with Crippen molar-refractivity contribution in [1.29, 1.82) is 0 Å². The van der Waals surface area contributed by atoms with E-state index in [0.717, 1.165) is 26.2 Å². The Morgan fingerprint density at radius 3 is 2.45 bits per heavy atom. The molecule has 0 spiro atoms. The van der Waals surface area contributed by atoms with Gasteiger partial charge in [0.15, 0.2) is 21.8 Å². The van der Waals surface area contributed by atoms with Gasteiger partial charge in [0, 0.05) is 11.3 Å². The van der Waals surface area contributed by atoms with Gasteiger partial charge in [-0.05, 0) is 42.0 Å². The summed E-state index contributed by atoms with van der Waals surface area (Å²) in [6, 6.07) is 16.4. The zero-order chi connectivity index (χ0) is 23.4. The third kappa shape index (κ3) is 5.52. The van der Waals surface area contributed by atoms with E-state index in [1.165, 1.54) is 0 Å². The van der Waals surface area contributed by atoms with Crippen molar-refractivity contribution >= 4 is 50.8 Å². The van der Waals surface area contributed by atoms with Crippen LogP contribution in [0.1, 0.15) is 15.9 Å². The van der Waals surface area contributed by atoms with Crippen molar-refractivity contribution in [3.05, 3.63) is 89.2 Å². The highest BCUT2D eigenvalue weighted by molar-refractivity contribution is 8.00. The highest BCUT2D eigenvalue weighted by atomic mass is 32.2. The molecular weight excluding hydrogens is 471 g/mol. The Morgan fingerprint density at radius 1 is 0.939 bits per heavy atom. The monoisotopic (exact) mass is 487 g/mol. The van der Waals surface area contributed by atoms with Crippen LogP contribution in [0.2, 0.25) is 0 Å². The molecule has 0 bridgehead atoms. The molecule has 4 rings (SSSR count). The average molecular weight is 488 g/mol. The summed E-state index contributed by atoms with van der Waals surface area (Å²) in [5.74, 6) is -5.14. The minimum atomic E-state index is -1.68. The summed E-state index contributed by atoms with van der Waals surface area (Å²) in [5.41, 5.74) is 1.80. The average Bonchev–Trinajstić information content (AvgIpc) is 3.25. The summed E-state index contributed by atoms with van der Waals surface area (Å²) < 4.78 is 41.9. The molecule has 0 aliphatic carbocycles. The number of nitrogens with one attached hydrogen (secondary N) is 2. The Hall–Kier alpha value is -3.37. The van der Waals surface area contributed by atoms with E-state index in [1.54, 1.807) is 35.2 Å². The molecule has 0 unspecified atom stereocenters. The number of anilines is 1. The van der Waals surface area contributed by atoms with E-state index < -0.39 is 41.5 Å². The van der Waals surface area contributed by atoms with E-state index >= 15 is 0 Å². The number of fused-ring (bicyclic) bond motifs is 1. The van der Waals surface area contributed by atoms with Crippen molar-refractivity contribution in [2.75, 3.05) is 11.9 Å². The summed E-state index contributed by atoms with van der Waals surface area (Å²) >= 11 is 3.23. The molecule has 2 N–H and O–H groups in total. The lowest BCUT2D eigenvalue weighted by Crippen LogP contribution is -2.33. The number of thioether (sulfide) groups is 1. The molecule has 0 aliphatic rings. The van der Waals surface area contributed by atoms with Crippen LogP contribution < -0.4 is 10.6 Å². The molecule has 2 amide bonds. The Kier molecular flexibility index (Phi) is 6.95. The molecule has 33 heavy (non-hydrogen) atoms. The number of halogens is 3. The quantitative estimate of drug-likeness (QED) is 0.271. The Balaban J connectivity index is 1.28. The van der Waals surface area contributed by atoms with E-state index in [0.29, 0.717) is 17.4 Å². The van der Waals surface area contributed by atoms with Gasteiger partial charge in [0.2, 0.25) is 5.91 Å². The molecule has 0 radical (unpaired) electrons. The van der Waals surface area contributed by atoms with Crippen molar-refractivity contribution in [2.24, 2.45) is 0 Å². The molecule has 1 heterocycles. The van der Waals surface area contributed by atoms with Gasteiger partial charge >= 0.3 is 0 Å². The molecule has 0 saturated heterocycles. The molecule has 10 heteroatoms. The number of benzene rings is 3. The van der Waals surface area contributed by atoms with Crippen LogP contribution in [0.3, 0.4) is 0 Å². The molecule has 1 aromatic heterocycles. The maximum atomic E-state index is 13.6. The van der Waals surface area contributed by atoms with Gasteiger partial charge in [-0.2, -0.15) is 0 Å². The second kappa shape index (κ2) is 10.1. The number of aromatic nitrogens is 1. The van der Waals surface area contributed by atoms with Gasteiger partial charge < -0.3 is 10.6 Å². The van der Waals surface area contributed by atoms with E-state index in [2.05, 4.69) is 15.6 Å². The van der Waals surface area contributed by atoms with Gasteiger partial charge in [0.05, 0.1) is 22.4 Å². The van der Waals surface area contributed by atoms with Crippen LogP contribution in [0.25, 0.3) is 10.2 Å². The first-order chi connectivity index (χ1) is 15.9. The Morgan fingerprint density at radius 2 is 1.70 bits per heavy atom. The highest BCUT2D eigenvalue weighted by Crippen LogP contribution is 2.31. The summed E-state index contributed by atoms with van der Waals surface area (Å²) in [5, 5.41) is 4.49. The fourth-order valence-electron chi connectivity index (χ4n) is 2.89. The number of carbonyl (C=O) groups is 2. The molecule has 0 fully saturated rings. The van der Waals surface area contributed by atoms with Crippen LogP contribution in [0, 0.1) is 17.5 Å². The lowest BCUT2D eigenvalue weighted by molar-refractivity contribution is -0.115. The van der Waals surface area contributed by atoms with E-state index in [1.807, 2.05) is 36.4 Å². The number of hydrogen-bond acceptors (Lipinski definition) is 5. The fraction of sp³-hybridized carbons (Fsp3) is 0.0870. The zero-order valence-corrected chi connectivity index (χ0v) is 18.5. The van der Waals surface area contributed by atoms with E-state index in [4.69, 9.17) is 0 Å². The lowest BCUT2D eigenvalue weighted by Gasteiger charge is -2.09. The fourth-order valence-corrected chi connectivity index (χ4v) is 4.91. The van der Waals surface area contributed by atoms with Crippen LogP contribution >= 0.6 is 23.1 Å². The van der Waals surface area contributed by atoms with E-state index in [9.17, 15) is 22.8 Å². The molecule has 0 saturated carbocycles. The van der Waals surface area contributed by atoms with Crippen LogP contribution in [0.4, 0.5) is 18.9 Å². The lowest BCUT2D eigenvalue weighted by atomic mass is 10.1. The Bertz CT molecular complexity index is 1290. The predicted molar refractivity (Wildman–Crippen MR) is 123 cm³/mol. The molecule has 168 valence electrons.